The van der Waals surface area contributed by atoms with Gasteiger partial charge in [0.15, 0.2) is 0 Å². The highest BCUT2D eigenvalue weighted by Crippen LogP contribution is 2.20. The molecular formula is C13H21NO2S. The van der Waals surface area contributed by atoms with Crippen molar-refractivity contribution in [2.75, 3.05) is 0 Å². The number of nitrogens with one attached hydrogen (secondary N) is 1. The van der Waals surface area contributed by atoms with Gasteiger partial charge < -0.3 is 10.4 Å². The fourth-order valence-corrected chi connectivity index (χ4v) is 1.96. The lowest BCUT2D eigenvalue weighted by Gasteiger charge is -2.38. The Kier molecular flexibility index (Phi) is 4.33. The van der Waals surface area contributed by atoms with Crippen LogP contribution in [0.2, 0.25) is 0 Å². The largest absolute Gasteiger partial charge is 0.388 e. The first-order chi connectivity index (χ1) is 7.72. The Hall–Kier alpha value is -0.870. The topological polar surface area (TPSA) is 49.3 Å². The van der Waals surface area contributed by atoms with Gasteiger partial charge in [-0.05, 0) is 45.6 Å². The number of amides is 1. The number of aryl methyl sites for hydroxylation is 1. The second-order valence-corrected chi connectivity index (χ2v) is 6.34. The van der Waals surface area contributed by atoms with Gasteiger partial charge in [-0.1, -0.05) is 6.07 Å². The number of aliphatic hydroxyl groups is 1. The minimum atomic E-state index is -0.939. The van der Waals surface area contributed by atoms with Gasteiger partial charge in [0, 0.05) is 11.3 Å². The third kappa shape index (κ3) is 4.13. The van der Waals surface area contributed by atoms with E-state index in [1.54, 1.807) is 25.2 Å². The molecule has 0 aliphatic rings. The molecular weight excluding hydrogens is 234 g/mol. The molecule has 0 saturated heterocycles. The Morgan fingerprint density at radius 2 is 2.06 bits per heavy atom. The Labute approximate surface area is 107 Å². The van der Waals surface area contributed by atoms with Crippen LogP contribution < -0.4 is 5.32 Å². The van der Waals surface area contributed by atoms with Crippen LogP contribution in [-0.4, -0.2) is 22.2 Å². The lowest BCUT2D eigenvalue weighted by molar-refractivity contribution is -0.126. The Morgan fingerprint density at radius 1 is 1.41 bits per heavy atom. The maximum absolute atomic E-state index is 11.8. The average Bonchev–Trinajstić information content (AvgIpc) is 2.64. The fraction of sp³-hybridized carbons (Fsp3) is 0.615. The predicted octanol–water partition coefficient (Wildman–Crippen LogP) is 2.35. The van der Waals surface area contributed by atoms with Crippen molar-refractivity contribution in [2.45, 2.75) is 51.7 Å². The van der Waals surface area contributed by atoms with Crippen molar-refractivity contribution in [3.05, 3.63) is 22.4 Å². The summed E-state index contributed by atoms with van der Waals surface area (Å²) in [5.41, 5.74) is -1.56. The van der Waals surface area contributed by atoms with Gasteiger partial charge in [0.1, 0.15) is 0 Å². The zero-order chi connectivity index (χ0) is 13.1. The molecule has 0 bridgehead atoms. The van der Waals surface area contributed by atoms with Gasteiger partial charge >= 0.3 is 0 Å². The summed E-state index contributed by atoms with van der Waals surface area (Å²) < 4.78 is 0. The summed E-state index contributed by atoms with van der Waals surface area (Å²) in [4.78, 5) is 13.0. The van der Waals surface area contributed by atoms with Gasteiger partial charge in [-0.2, -0.15) is 0 Å². The fourth-order valence-electron chi connectivity index (χ4n) is 1.26. The molecule has 0 aromatic carbocycles. The molecule has 1 aromatic heterocycles. The van der Waals surface area contributed by atoms with E-state index in [0.717, 1.165) is 6.42 Å². The molecule has 0 fully saturated rings. The lowest BCUT2D eigenvalue weighted by Crippen LogP contribution is -2.57. The van der Waals surface area contributed by atoms with Gasteiger partial charge in [0.2, 0.25) is 5.91 Å². The van der Waals surface area contributed by atoms with Crippen LogP contribution in [0, 0.1) is 0 Å². The number of carbonyl (C=O) groups excluding carboxylic acids is 1. The van der Waals surface area contributed by atoms with Gasteiger partial charge in [0.05, 0.1) is 11.1 Å². The van der Waals surface area contributed by atoms with Crippen molar-refractivity contribution in [2.24, 2.45) is 0 Å². The summed E-state index contributed by atoms with van der Waals surface area (Å²) in [7, 11) is 0. The minimum absolute atomic E-state index is 0.0227. The highest BCUT2D eigenvalue weighted by atomic mass is 32.1. The molecule has 0 radical (unpaired) electrons. The molecule has 0 spiro atoms. The first-order valence-corrected chi connectivity index (χ1v) is 6.66. The summed E-state index contributed by atoms with van der Waals surface area (Å²) in [6.45, 7) is 7.06. The van der Waals surface area contributed by atoms with Crippen molar-refractivity contribution in [1.82, 2.24) is 5.32 Å². The molecule has 1 heterocycles. The van der Waals surface area contributed by atoms with Gasteiger partial charge in [0.25, 0.3) is 0 Å². The van der Waals surface area contributed by atoms with Crippen molar-refractivity contribution in [1.29, 1.82) is 0 Å². The molecule has 1 rings (SSSR count). The minimum Gasteiger partial charge on any atom is -0.388 e. The summed E-state index contributed by atoms with van der Waals surface area (Å²) in [6, 6.07) is 4.01. The van der Waals surface area contributed by atoms with E-state index in [1.807, 2.05) is 31.4 Å². The molecule has 0 saturated carbocycles. The number of carbonyl (C=O) groups is 1. The van der Waals surface area contributed by atoms with E-state index in [9.17, 15) is 9.90 Å². The molecule has 0 unspecified atom stereocenters. The number of hydrogen-bond donors (Lipinski definition) is 2. The normalized spacial score (nSPS) is 12.5. The zero-order valence-corrected chi connectivity index (χ0v) is 11.7. The monoisotopic (exact) mass is 255 g/mol. The number of thiophene rings is 1. The molecule has 0 aliphatic heterocycles. The van der Waals surface area contributed by atoms with E-state index >= 15 is 0 Å². The van der Waals surface area contributed by atoms with Crippen LogP contribution in [0.25, 0.3) is 0 Å². The van der Waals surface area contributed by atoms with Crippen LogP contribution in [0.5, 0.6) is 0 Å². The quantitative estimate of drug-likeness (QED) is 0.848. The second-order valence-electron chi connectivity index (χ2n) is 5.31. The van der Waals surface area contributed by atoms with Crippen LogP contribution in [-0.2, 0) is 11.2 Å². The molecule has 0 aliphatic carbocycles. The van der Waals surface area contributed by atoms with E-state index < -0.39 is 11.1 Å². The van der Waals surface area contributed by atoms with Crippen molar-refractivity contribution in [3.63, 3.8) is 0 Å². The van der Waals surface area contributed by atoms with E-state index in [4.69, 9.17) is 0 Å². The third-order valence-electron chi connectivity index (χ3n) is 3.16. The average molecular weight is 255 g/mol. The second kappa shape index (κ2) is 5.19. The molecule has 1 amide bonds. The summed E-state index contributed by atoms with van der Waals surface area (Å²) in [5, 5.41) is 14.8. The SMILES string of the molecule is CC(C)(O)C(C)(C)NC(=O)CCc1cccs1. The standard InChI is InChI=1S/C13H21NO2S/c1-12(2,13(3,4)16)14-11(15)8-7-10-6-5-9-17-10/h5-6,9,16H,7-8H2,1-4H3,(H,14,15). The van der Waals surface area contributed by atoms with Crippen molar-refractivity contribution in [3.8, 4) is 0 Å². The molecule has 4 heteroatoms. The smallest absolute Gasteiger partial charge is 0.220 e. The molecule has 1 aromatic rings. The number of hydrogen-bond acceptors (Lipinski definition) is 3. The third-order valence-corrected chi connectivity index (χ3v) is 4.10. The van der Waals surface area contributed by atoms with Crippen LogP contribution in [0.4, 0.5) is 0 Å². The Balaban J connectivity index is 2.45. The summed E-state index contributed by atoms with van der Waals surface area (Å²) in [6.07, 6.45) is 1.21. The first-order valence-electron chi connectivity index (χ1n) is 5.78. The van der Waals surface area contributed by atoms with Crippen molar-refractivity contribution >= 4 is 17.2 Å². The van der Waals surface area contributed by atoms with Gasteiger partial charge in [-0.3, -0.25) is 4.79 Å². The summed E-state index contributed by atoms with van der Waals surface area (Å²) >= 11 is 1.66. The highest BCUT2D eigenvalue weighted by molar-refractivity contribution is 7.09. The van der Waals surface area contributed by atoms with Crippen LogP contribution in [0.1, 0.15) is 39.0 Å². The molecule has 96 valence electrons. The van der Waals surface area contributed by atoms with Crippen LogP contribution >= 0.6 is 11.3 Å². The van der Waals surface area contributed by atoms with Gasteiger partial charge in [-0.15, -0.1) is 11.3 Å². The van der Waals surface area contributed by atoms with E-state index in [2.05, 4.69) is 5.32 Å². The zero-order valence-electron chi connectivity index (χ0n) is 10.9. The summed E-state index contributed by atoms with van der Waals surface area (Å²) in [5.74, 6) is -0.0227. The first kappa shape index (κ1) is 14.2. The lowest BCUT2D eigenvalue weighted by atomic mass is 9.86. The molecule has 17 heavy (non-hydrogen) atoms. The number of rotatable bonds is 5. The molecule has 2 N–H and O–H groups in total. The van der Waals surface area contributed by atoms with Crippen LogP contribution in [0.3, 0.4) is 0 Å². The maximum atomic E-state index is 11.8. The Bertz CT molecular complexity index is 363. The predicted molar refractivity (Wildman–Crippen MR) is 71.2 cm³/mol. The van der Waals surface area contributed by atoms with E-state index in [1.165, 1.54) is 4.88 Å². The highest BCUT2D eigenvalue weighted by Gasteiger charge is 2.36. The maximum Gasteiger partial charge on any atom is 0.220 e. The Morgan fingerprint density at radius 3 is 2.53 bits per heavy atom. The molecule has 0 atom stereocenters. The van der Waals surface area contributed by atoms with Gasteiger partial charge in [-0.25, -0.2) is 0 Å². The molecule has 3 nitrogen and oxygen atoms in total. The van der Waals surface area contributed by atoms with Crippen molar-refractivity contribution < 1.29 is 9.90 Å². The van der Waals surface area contributed by atoms with Crippen LogP contribution in [0.15, 0.2) is 17.5 Å². The van der Waals surface area contributed by atoms with E-state index in [0.29, 0.717) is 6.42 Å². The van der Waals surface area contributed by atoms with E-state index in [-0.39, 0.29) is 5.91 Å².